The molecule has 0 N–H and O–H groups in total. The topological polar surface area (TPSA) is 69.7 Å². The molecule has 3 rings (SSSR count). The maximum atomic E-state index is 12.4. The van der Waals surface area contributed by atoms with Crippen LogP contribution in [0.15, 0.2) is 41.5 Å². The van der Waals surface area contributed by atoms with E-state index in [-0.39, 0.29) is 12.4 Å². The summed E-state index contributed by atoms with van der Waals surface area (Å²) in [5.74, 6) is -2.30. The fourth-order valence-electron chi connectivity index (χ4n) is 4.01. The molecule has 0 aliphatic carbocycles. The number of esters is 2. The number of ether oxygens (including phenoxy) is 2. The minimum atomic E-state index is -1.13. The second-order valence-corrected chi connectivity index (χ2v) is 6.66. The summed E-state index contributed by atoms with van der Waals surface area (Å²) >= 11 is 0. The zero-order valence-corrected chi connectivity index (χ0v) is 14.2. The van der Waals surface area contributed by atoms with E-state index in [1.54, 1.807) is 13.8 Å². The molecule has 1 aromatic rings. The van der Waals surface area contributed by atoms with E-state index in [4.69, 9.17) is 9.47 Å². The maximum Gasteiger partial charge on any atom is 0.334 e. The molecule has 0 spiro atoms. The Hall–Kier alpha value is -2.43. The molecular weight excluding hydrogens is 308 g/mol. The van der Waals surface area contributed by atoms with Gasteiger partial charge < -0.3 is 9.47 Å². The van der Waals surface area contributed by atoms with Crippen LogP contribution in [0.3, 0.4) is 0 Å². The van der Waals surface area contributed by atoms with Crippen LogP contribution in [0.1, 0.15) is 33.3 Å². The highest BCUT2D eigenvalue weighted by Crippen LogP contribution is 2.54. The fourth-order valence-corrected chi connectivity index (χ4v) is 4.01. The van der Waals surface area contributed by atoms with Gasteiger partial charge in [-0.15, -0.1) is 0 Å². The second-order valence-electron chi connectivity index (χ2n) is 6.66. The zero-order chi connectivity index (χ0) is 17.7. The lowest BCUT2D eigenvalue weighted by atomic mass is 9.59. The number of rotatable bonds is 3. The van der Waals surface area contributed by atoms with Crippen molar-refractivity contribution < 1.29 is 23.9 Å². The molecule has 1 aromatic carbocycles. The first-order chi connectivity index (χ1) is 11.3. The molecular formula is C19H20O5. The molecule has 0 radical (unpaired) electrons. The molecule has 2 heterocycles. The van der Waals surface area contributed by atoms with E-state index in [1.807, 2.05) is 37.3 Å². The van der Waals surface area contributed by atoms with E-state index in [9.17, 15) is 14.4 Å². The molecule has 5 nitrogen and oxygen atoms in total. The lowest BCUT2D eigenvalue weighted by Gasteiger charge is -2.44. The van der Waals surface area contributed by atoms with Gasteiger partial charge in [-0.2, -0.15) is 0 Å². The van der Waals surface area contributed by atoms with Crippen molar-refractivity contribution >= 4 is 17.7 Å². The summed E-state index contributed by atoms with van der Waals surface area (Å²) in [7, 11) is 0. The van der Waals surface area contributed by atoms with Crippen molar-refractivity contribution in [3.05, 3.63) is 47.0 Å². The number of cyclic esters (lactones) is 2. The Bertz CT molecular complexity index is 763. The number of benzene rings is 1. The summed E-state index contributed by atoms with van der Waals surface area (Å²) in [4.78, 5) is 36.9. The Morgan fingerprint density at radius 3 is 2.29 bits per heavy atom. The highest BCUT2D eigenvalue weighted by molar-refractivity contribution is 6.02. The van der Waals surface area contributed by atoms with Crippen LogP contribution in [0.2, 0.25) is 0 Å². The number of carbonyl (C=O) groups excluding carboxylic acids is 3. The second kappa shape index (κ2) is 5.30. The van der Waals surface area contributed by atoms with Crippen LogP contribution in [0, 0.1) is 5.92 Å². The molecule has 2 aliphatic rings. The van der Waals surface area contributed by atoms with E-state index in [2.05, 4.69) is 0 Å². The first-order valence-electron chi connectivity index (χ1n) is 7.89. The highest BCUT2D eigenvalue weighted by atomic mass is 16.6. The van der Waals surface area contributed by atoms with Crippen LogP contribution in [0.25, 0.3) is 0 Å². The zero-order valence-electron chi connectivity index (χ0n) is 14.2. The fraction of sp³-hybridized carbons (Fsp3) is 0.421. The standard InChI is InChI=1S/C19H20O5/c1-11-12(2)18(4,24-16(11)21)19(14-8-6-5-7-9-14)10-23-17(22)15(19)13(3)20/h5-9,15H,10H2,1-4H3/t15-,18?,19+/m1/s1. The van der Waals surface area contributed by atoms with Crippen molar-refractivity contribution in [3.63, 3.8) is 0 Å². The molecule has 0 aromatic heterocycles. The van der Waals surface area contributed by atoms with Crippen LogP contribution in [0.4, 0.5) is 0 Å². The number of hydrogen-bond donors (Lipinski definition) is 0. The minimum absolute atomic E-state index is 0.00546. The lowest BCUT2D eigenvalue weighted by molar-refractivity contribution is -0.156. The average Bonchev–Trinajstić information content (AvgIpc) is 3.01. The number of Topliss-reactive ketones (excluding diaryl/α,β-unsaturated/α-hetero) is 1. The van der Waals surface area contributed by atoms with Gasteiger partial charge in [-0.3, -0.25) is 9.59 Å². The molecule has 2 aliphatic heterocycles. The van der Waals surface area contributed by atoms with Gasteiger partial charge in [-0.05, 0) is 38.8 Å². The van der Waals surface area contributed by atoms with Crippen LogP contribution in [0.5, 0.6) is 0 Å². The number of ketones is 1. The van der Waals surface area contributed by atoms with Crippen LogP contribution in [-0.2, 0) is 29.3 Å². The summed E-state index contributed by atoms with van der Waals surface area (Å²) in [6, 6.07) is 9.22. The van der Waals surface area contributed by atoms with E-state index in [0.29, 0.717) is 5.57 Å². The van der Waals surface area contributed by atoms with E-state index >= 15 is 0 Å². The Kier molecular flexibility index (Phi) is 3.62. The summed E-state index contributed by atoms with van der Waals surface area (Å²) < 4.78 is 11.1. The monoisotopic (exact) mass is 328 g/mol. The largest absolute Gasteiger partial charge is 0.464 e. The third-order valence-corrected chi connectivity index (χ3v) is 5.60. The molecule has 24 heavy (non-hydrogen) atoms. The third-order valence-electron chi connectivity index (χ3n) is 5.60. The first kappa shape index (κ1) is 16.4. The smallest absolute Gasteiger partial charge is 0.334 e. The molecule has 3 atom stereocenters. The SMILES string of the molecule is CC(=O)[C@@H]1C(=O)OC[C@@]1(c1ccccc1)C1(C)OC(=O)C(C)=C1C. The predicted octanol–water partition coefficient (Wildman–Crippen LogP) is 2.34. The van der Waals surface area contributed by atoms with E-state index < -0.39 is 28.9 Å². The first-order valence-corrected chi connectivity index (χ1v) is 7.89. The van der Waals surface area contributed by atoms with Crippen molar-refractivity contribution in [1.29, 1.82) is 0 Å². The Morgan fingerprint density at radius 1 is 1.17 bits per heavy atom. The molecule has 0 saturated carbocycles. The summed E-state index contributed by atoms with van der Waals surface area (Å²) in [6.07, 6.45) is 0. The van der Waals surface area contributed by atoms with Gasteiger partial charge in [0.15, 0.2) is 0 Å². The van der Waals surface area contributed by atoms with Gasteiger partial charge >= 0.3 is 11.9 Å². The molecule has 1 unspecified atom stereocenters. The summed E-state index contributed by atoms with van der Waals surface area (Å²) in [5, 5.41) is 0. The van der Waals surface area contributed by atoms with Crippen LogP contribution < -0.4 is 0 Å². The molecule has 126 valence electrons. The summed E-state index contributed by atoms with van der Waals surface area (Å²) in [5.41, 5.74) is -0.220. The number of hydrogen-bond acceptors (Lipinski definition) is 5. The predicted molar refractivity (Wildman–Crippen MR) is 86.1 cm³/mol. The molecule has 5 heteroatoms. The quantitative estimate of drug-likeness (QED) is 0.629. The van der Waals surface area contributed by atoms with Gasteiger partial charge in [0.1, 0.15) is 23.9 Å². The van der Waals surface area contributed by atoms with Crippen LogP contribution in [-0.4, -0.2) is 29.9 Å². The highest BCUT2D eigenvalue weighted by Gasteiger charge is 2.67. The Morgan fingerprint density at radius 2 is 1.79 bits per heavy atom. The summed E-state index contributed by atoms with van der Waals surface area (Å²) in [6.45, 7) is 6.64. The van der Waals surface area contributed by atoms with Gasteiger partial charge in [0, 0.05) is 5.57 Å². The van der Waals surface area contributed by atoms with Gasteiger partial charge in [0.2, 0.25) is 0 Å². The van der Waals surface area contributed by atoms with Gasteiger partial charge in [-0.25, -0.2) is 4.79 Å². The van der Waals surface area contributed by atoms with Crippen molar-refractivity contribution in [2.24, 2.45) is 5.92 Å². The maximum absolute atomic E-state index is 12.4. The lowest BCUT2D eigenvalue weighted by Crippen LogP contribution is -2.57. The van der Waals surface area contributed by atoms with Crippen molar-refractivity contribution in [1.82, 2.24) is 0 Å². The minimum Gasteiger partial charge on any atom is -0.464 e. The van der Waals surface area contributed by atoms with E-state index in [1.165, 1.54) is 6.92 Å². The third kappa shape index (κ3) is 1.90. The Balaban J connectivity index is 2.32. The van der Waals surface area contributed by atoms with Crippen LogP contribution >= 0.6 is 0 Å². The van der Waals surface area contributed by atoms with Gasteiger partial charge in [-0.1, -0.05) is 30.3 Å². The van der Waals surface area contributed by atoms with E-state index in [0.717, 1.165) is 11.1 Å². The van der Waals surface area contributed by atoms with Gasteiger partial charge in [0.05, 0.1) is 5.41 Å². The normalized spacial score (nSPS) is 32.8. The average molecular weight is 328 g/mol. The molecule has 0 amide bonds. The van der Waals surface area contributed by atoms with Crippen molar-refractivity contribution in [2.75, 3.05) is 6.61 Å². The molecule has 1 saturated heterocycles. The number of carbonyl (C=O) groups is 3. The van der Waals surface area contributed by atoms with Crippen molar-refractivity contribution in [2.45, 2.75) is 38.7 Å². The van der Waals surface area contributed by atoms with Gasteiger partial charge in [0.25, 0.3) is 0 Å². The van der Waals surface area contributed by atoms with Crippen molar-refractivity contribution in [3.8, 4) is 0 Å². The molecule has 0 bridgehead atoms. The molecule has 1 fully saturated rings. The Labute approximate surface area is 140 Å².